The Hall–Kier alpha value is -3.21. The fourth-order valence-electron chi connectivity index (χ4n) is 4.44. The van der Waals surface area contributed by atoms with Gasteiger partial charge in [0.2, 0.25) is 15.9 Å². The minimum atomic E-state index is -3.94. The lowest BCUT2D eigenvalue weighted by Gasteiger charge is -2.29. The number of likely N-dealkylation sites (N-methyl/N-ethyl adjacent to an activating group) is 1. The van der Waals surface area contributed by atoms with E-state index in [0.717, 1.165) is 42.0 Å². The standard InChI is InChI=1S/C26H27N3O3S/c1-29(23-8-4-5-9-23)26(30)25(16-19-10-12-20(18-27)13-11-19)28-33(31,32)24-15-14-21-6-2-3-7-22(21)17-24/h2-3,6-7,10-15,17,23,25,28H,4-5,8-9,16H2,1H3. The molecule has 3 aromatic rings. The first-order valence-electron chi connectivity index (χ1n) is 11.1. The number of fused-ring (bicyclic) bond motifs is 1. The summed E-state index contributed by atoms with van der Waals surface area (Å²) in [5.41, 5.74) is 1.30. The Balaban J connectivity index is 1.63. The number of nitrogens with one attached hydrogen (secondary N) is 1. The summed E-state index contributed by atoms with van der Waals surface area (Å²) in [6, 6.07) is 20.6. The maximum absolute atomic E-state index is 13.4. The van der Waals surface area contributed by atoms with E-state index in [1.165, 1.54) is 0 Å². The highest BCUT2D eigenvalue weighted by atomic mass is 32.2. The fraction of sp³-hybridized carbons (Fsp3) is 0.308. The summed E-state index contributed by atoms with van der Waals surface area (Å²) < 4.78 is 29.3. The molecule has 170 valence electrons. The van der Waals surface area contributed by atoms with Crippen LogP contribution in [0, 0.1) is 11.3 Å². The molecule has 1 saturated carbocycles. The number of carbonyl (C=O) groups excluding carboxylic acids is 1. The van der Waals surface area contributed by atoms with Crippen molar-refractivity contribution >= 4 is 26.7 Å². The van der Waals surface area contributed by atoms with Crippen molar-refractivity contribution in [2.75, 3.05) is 7.05 Å². The third-order valence-electron chi connectivity index (χ3n) is 6.37. The summed E-state index contributed by atoms with van der Waals surface area (Å²) in [5, 5.41) is 10.8. The third kappa shape index (κ3) is 5.24. The number of nitrogens with zero attached hydrogens (tertiary/aromatic N) is 2. The maximum Gasteiger partial charge on any atom is 0.241 e. The highest BCUT2D eigenvalue weighted by Gasteiger charge is 2.32. The lowest BCUT2D eigenvalue weighted by Crippen LogP contribution is -2.50. The van der Waals surface area contributed by atoms with Crippen LogP contribution in [0.15, 0.2) is 71.6 Å². The summed E-state index contributed by atoms with van der Waals surface area (Å²) in [4.78, 5) is 15.3. The van der Waals surface area contributed by atoms with Crippen molar-refractivity contribution in [1.82, 2.24) is 9.62 Å². The molecule has 0 saturated heterocycles. The zero-order chi connectivity index (χ0) is 23.4. The lowest BCUT2D eigenvalue weighted by atomic mass is 10.0. The van der Waals surface area contributed by atoms with Crippen LogP contribution in [0.5, 0.6) is 0 Å². The van der Waals surface area contributed by atoms with Crippen molar-refractivity contribution < 1.29 is 13.2 Å². The highest BCUT2D eigenvalue weighted by Crippen LogP contribution is 2.24. The molecule has 1 fully saturated rings. The number of amides is 1. The van der Waals surface area contributed by atoms with Crippen molar-refractivity contribution in [2.45, 2.75) is 49.1 Å². The molecule has 6 nitrogen and oxygen atoms in total. The quantitative estimate of drug-likeness (QED) is 0.576. The van der Waals surface area contributed by atoms with Crippen LogP contribution >= 0.6 is 0 Å². The van der Waals surface area contributed by atoms with Gasteiger partial charge in [-0.05, 0) is 59.9 Å². The third-order valence-corrected chi connectivity index (χ3v) is 7.84. The van der Waals surface area contributed by atoms with Gasteiger partial charge in [0.15, 0.2) is 0 Å². The molecule has 1 unspecified atom stereocenters. The number of carbonyl (C=O) groups is 1. The molecular formula is C26H27N3O3S. The Bertz CT molecular complexity index is 1290. The molecule has 1 aliphatic rings. The molecule has 1 N–H and O–H groups in total. The first kappa shape index (κ1) is 23.0. The molecule has 3 aromatic carbocycles. The van der Waals surface area contributed by atoms with Crippen molar-refractivity contribution in [1.29, 1.82) is 5.26 Å². The van der Waals surface area contributed by atoms with Gasteiger partial charge >= 0.3 is 0 Å². The second kappa shape index (κ2) is 9.74. The van der Waals surface area contributed by atoms with Crippen molar-refractivity contribution in [3.05, 3.63) is 77.9 Å². The zero-order valence-electron chi connectivity index (χ0n) is 18.6. The van der Waals surface area contributed by atoms with E-state index < -0.39 is 16.1 Å². The van der Waals surface area contributed by atoms with Gasteiger partial charge in [-0.1, -0.05) is 55.3 Å². The number of hydrogen-bond donors (Lipinski definition) is 1. The summed E-state index contributed by atoms with van der Waals surface area (Å²) in [7, 11) is -2.18. The van der Waals surface area contributed by atoms with E-state index in [1.807, 2.05) is 24.3 Å². The Kier molecular flexibility index (Phi) is 6.77. The molecule has 7 heteroatoms. The van der Waals surface area contributed by atoms with Crippen LogP contribution in [-0.4, -0.2) is 38.4 Å². The number of hydrogen-bond acceptors (Lipinski definition) is 4. The molecule has 0 aliphatic heterocycles. The van der Waals surface area contributed by atoms with Gasteiger partial charge in [-0.2, -0.15) is 9.98 Å². The lowest BCUT2D eigenvalue weighted by molar-refractivity contribution is -0.133. The van der Waals surface area contributed by atoms with Crippen molar-refractivity contribution in [3.63, 3.8) is 0 Å². The van der Waals surface area contributed by atoms with Crippen LogP contribution in [0.25, 0.3) is 10.8 Å². The molecule has 0 aromatic heterocycles. The van der Waals surface area contributed by atoms with Gasteiger partial charge in [0, 0.05) is 13.1 Å². The Morgan fingerprint density at radius 3 is 2.39 bits per heavy atom. The Morgan fingerprint density at radius 1 is 1.06 bits per heavy atom. The zero-order valence-corrected chi connectivity index (χ0v) is 19.4. The van der Waals surface area contributed by atoms with Crippen molar-refractivity contribution in [3.8, 4) is 6.07 Å². The molecule has 1 atom stereocenters. The number of rotatable bonds is 7. The molecule has 0 bridgehead atoms. The largest absolute Gasteiger partial charge is 0.341 e. The average molecular weight is 462 g/mol. The first-order chi connectivity index (χ1) is 15.9. The van der Waals surface area contributed by atoms with Gasteiger partial charge in [0.05, 0.1) is 16.5 Å². The van der Waals surface area contributed by atoms with Gasteiger partial charge in [-0.3, -0.25) is 4.79 Å². The van der Waals surface area contributed by atoms with Crippen LogP contribution in [-0.2, 0) is 21.2 Å². The predicted octanol–water partition coefficient (Wildman–Crippen LogP) is 4.00. The fourth-order valence-corrected chi connectivity index (χ4v) is 5.66. The summed E-state index contributed by atoms with van der Waals surface area (Å²) in [5.74, 6) is -0.240. The van der Waals surface area contributed by atoms with Gasteiger partial charge in [0.25, 0.3) is 0 Å². The number of sulfonamides is 1. The van der Waals surface area contributed by atoms with Crippen LogP contribution < -0.4 is 4.72 Å². The van der Waals surface area contributed by atoms with E-state index in [-0.39, 0.29) is 23.3 Å². The van der Waals surface area contributed by atoms with Crippen LogP contribution in [0.4, 0.5) is 0 Å². The Labute approximate surface area is 194 Å². The van der Waals surface area contributed by atoms with E-state index in [1.54, 1.807) is 54.4 Å². The highest BCUT2D eigenvalue weighted by molar-refractivity contribution is 7.89. The maximum atomic E-state index is 13.4. The summed E-state index contributed by atoms with van der Waals surface area (Å²) >= 11 is 0. The molecular weight excluding hydrogens is 434 g/mol. The molecule has 4 rings (SSSR count). The van der Waals surface area contributed by atoms with Gasteiger partial charge < -0.3 is 4.90 Å². The average Bonchev–Trinajstić information content (AvgIpc) is 3.38. The number of nitriles is 1. The van der Waals surface area contributed by atoms with Crippen LogP contribution in [0.2, 0.25) is 0 Å². The second-order valence-electron chi connectivity index (χ2n) is 8.58. The van der Waals surface area contributed by atoms with E-state index in [4.69, 9.17) is 5.26 Å². The molecule has 0 spiro atoms. The van der Waals surface area contributed by atoms with Crippen LogP contribution in [0.3, 0.4) is 0 Å². The Morgan fingerprint density at radius 2 is 1.73 bits per heavy atom. The topological polar surface area (TPSA) is 90.3 Å². The van der Waals surface area contributed by atoms with E-state index >= 15 is 0 Å². The normalized spacial score (nSPS) is 15.3. The SMILES string of the molecule is CN(C(=O)C(Cc1ccc(C#N)cc1)NS(=O)(=O)c1ccc2ccccc2c1)C1CCCC1. The first-order valence-corrected chi connectivity index (χ1v) is 12.6. The van der Waals surface area contributed by atoms with Gasteiger partial charge in [-0.25, -0.2) is 8.42 Å². The number of benzene rings is 3. The molecule has 1 amide bonds. The minimum Gasteiger partial charge on any atom is -0.341 e. The van der Waals surface area contributed by atoms with Crippen molar-refractivity contribution in [2.24, 2.45) is 0 Å². The van der Waals surface area contributed by atoms with Crippen LogP contribution in [0.1, 0.15) is 36.8 Å². The summed E-state index contributed by atoms with van der Waals surface area (Å²) in [6.07, 6.45) is 4.22. The predicted molar refractivity (Wildman–Crippen MR) is 128 cm³/mol. The van der Waals surface area contributed by atoms with E-state index in [0.29, 0.717) is 5.56 Å². The molecule has 1 aliphatic carbocycles. The smallest absolute Gasteiger partial charge is 0.241 e. The minimum absolute atomic E-state index is 0.127. The van der Waals surface area contributed by atoms with Gasteiger partial charge in [0.1, 0.15) is 6.04 Å². The molecule has 0 radical (unpaired) electrons. The molecule has 0 heterocycles. The van der Waals surface area contributed by atoms with Gasteiger partial charge in [-0.15, -0.1) is 0 Å². The second-order valence-corrected chi connectivity index (χ2v) is 10.3. The van der Waals surface area contributed by atoms with E-state index in [2.05, 4.69) is 10.8 Å². The molecule has 33 heavy (non-hydrogen) atoms. The van der Waals surface area contributed by atoms with E-state index in [9.17, 15) is 13.2 Å². The summed E-state index contributed by atoms with van der Waals surface area (Å²) in [6.45, 7) is 0. The monoisotopic (exact) mass is 461 g/mol.